The Morgan fingerprint density at radius 2 is 2.00 bits per heavy atom. The summed E-state index contributed by atoms with van der Waals surface area (Å²) in [7, 11) is 0. The molecule has 1 aromatic carbocycles. The summed E-state index contributed by atoms with van der Waals surface area (Å²) >= 11 is 5.53. The minimum atomic E-state index is -4.80. The number of nitrogens with one attached hydrogen (secondary N) is 1. The van der Waals surface area contributed by atoms with Crippen LogP contribution in [-0.4, -0.2) is 22.2 Å². The van der Waals surface area contributed by atoms with Crippen LogP contribution in [0.1, 0.15) is 10.5 Å². The Morgan fingerprint density at radius 1 is 1.24 bits per heavy atom. The van der Waals surface area contributed by atoms with Crippen molar-refractivity contribution in [3.05, 3.63) is 47.5 Å². The number of anilines is 1. The monoisotopic (exact) mass is 317 g/mol. The summed E-state index contributed by atoms with van der Waals surface area (Å²) in [5.41, 5.74) is 0.0973. The molecule has 9 heteroatoms. The Labute approximate surface area is 121 Å². The van der Waals surface area contributed by atoms with E-state index >= 15 is 0 Å². The van der Waals surface area contributed by atoms with Gasteiger partial charge in [-0.3, -0.25) is 4.79 Å². The molecule has 2 aromatic rings. The van der Waals surface area contributed by atoms with E-state index in [1.54, 1.807) is 0 Å². The minimum absolute atomic E-state index is 0.0263. The molecule has 0 saturated heterocycles. The van der Waals surface area contributed by atoms with Crippen molar-refractivity contribution in [3.63, 3.8) is 0 Å². The standard InChI is InChI=1S/C12H7ClF3N3O2/c13-10-6-17-9(5-18-10)11(20)19-7-2-1-3-8(4-7)21-12(14,15)16/h1-6H,(H,19,20). The molecular weight excluding hydrogens is 311 g/mol. The lowest BCUT2D eigenvalue weighted by Gasteiger charge is -2.10. The first-order valence-corrected chi connectivity index (χ1v) is 5.86. The fourth-order valence-electron chi connectivity index (χ4n) is 1.40. The van der Waals surface area contributed by atoms with Crippen molar-refractivity contribution in [1.82, 2.24) is 9.97 Å². The number of hydrogen-bond donors (Lipinski definition) is 1. The highest BCUT2D eigenvalue weighted by Gasteiger charge is 2.31. The van der Waals surface area contributed by atoms with Crippen molar-refractivity contribution >= 4 is 23.2 Å². The van der Waals surface area contributed by atoms with Gasteiger partial charge < -0.3 is 10.1 Å². The predicted molar refractivity (Wildman–Crippen MR) is 68.1 cm³/mol. The topological polar surface area (TPSA) is 64.1 Å². The van der Waals surface area contributed by atoms with E-state index in [-0.39, 0.29) is 16.5 Å². The van der Waals surface area contributed by atoms with Crippen LogP contribution in [-0.2, 0) is 0 Å². The van der Waals surface area contributed by atoms with Gasteiger partial charge in [0.1, 0.15) is 16.6 Å². The molecule has 21 heavy (non-hydrogen) atoms. The average Bonchev–Trinajstić information content (AvgIpc) is 2.37. The van der Waals surface area contributed by atoms with Crippen LogP contribution in [0, 0.1) is 0 Å². The lowest BCUT2D eigenvalue weighted by atomic mass is 10.3. The van der Waals surface area contributed by atoms with Crippen LogP contribution in [0.3, 0.4) is 0 Å². The van der Waals surface area contributed by atoms with Crippen molar-refractivity contribution in [2.75, 3.05) is 5.32 Å². The van der Waals surface area contributed by atoms with Crippen molar-refractivity contribution in [1.29, 1.82) is 0 Å². The van der Waals surface area contributed by atoms with Gasteiger partial charge in [0, 0.05) is 11.8 Å². The molecule has 0 aliphatic carbocycles. The number of aromatic nitrogens is 2. The number of rotatable bonds is 3. The molecule has 2 rings (SSSR count). The van der Waals surface area contributed by atoms with Gasteiger partial charge in [0.2, 0.25) is 0 Å². The first-order valence-electron chi connectivity index (χ1n) is 5.48. The number of carbonyl (C=O) groups excluding carboxylic acids is 1. The van der Waals surface area contributed by atoms with Gasteiger partial charge in [-0.25, -0.2) is 9.97 Å². The van der Waals surface area contributed by atoms with E-state index in [4.69, 9.17) is 11.6 Å². The van der Waals surface area contributed by atoms with E-state index in [0.717, 1.165) is 18.3 Å². The molecule has 1 N–H and O–H groups in total. The first kappa shape index (κ1) is 15.0. The fraction of sp³-hybridized carbons (Fsp3) is 0.0833. The van der Waals surface area contributed by atoms with E-state index in [1.165, 1.54) is 18.3 Å². The maximum atomic E-state index is 12.1. The van der Waals surface area contributed by atoms with Gasteiger partial charge in [0.25, 0.3) is 5.91 Å². The lowest BCUT2D eigenvalue weighted by molar-refractivity contribution is -0.274. The van der Waals surface area contributed by atoms with E-state index in [2.05, 4.69) is 20.0 Å². The van der Waals surface area contributed by atoms with Crippen LogP contribution in [0.25, 0.3) is 0 Å². The number of benzene rings is 1. The van der Waals surface area contributed by atoms with Crippen LogP contribution in [0.2, 0.25) is 5.15 Å². The summed E-state index contributed by atoms with van der Waals surface area (Å²) in [6.07, 6.45) is -2.47. The highest BCUT2D eigenvalue weighted by Crippen LogP contribution is 2.25. The molecular formula is C12H7ClF3N3O2. The molecule has 0 spiro atoms. The zero-order chi connectivity index (χ0) is 15.5. The maximum Gasteiger partial charge on any atom is 0.573 e. The zero-order valence-electron chi connectivity index (χ0n) is 10.2. The molecule has 5 nitrogen and oxygen atoms in total. The molecule has 0 fully saturated rings. The van der Waals surface area contributed by atoms with Crippen LogP contribution in [0.5, 0.6) is 5.75 Å². The summed E-state index contributed by atoms with van der Waals surface area (Å²) < 4.78 is 40.0. The molecule has 0 atom stereocenters. The van der Waals surface area contributed by atoms with Gasteiger partial charge in [-0.05, 0) is 12.1 Å². The van der Waals surface area contributed by atoms with Crippen LogP contribution >= 0.6 is 11.6 Å². The third-order valence-electron chi connectivity index (χ3n) is 2.18. The number of amides is 1. The third kappa shape index (κ3) is 4.60. The normalized spacial score (nSPS) is 11.0. The smallest absolute Gasteiger partial charge is 0.406 e. The number of ether oxygens (including phenoxy) is 1. The number of alkyl halides is 3. The summed E-state index contributed by atoms with van der Waals surface area (Å²) in [4.78, 5) is 19.2. The van der Waals surface area contributed by atoms with Gasteiger partial charge in [0.15, 0.2) is 0 Å². The summed E-state index contributed by atoms with van der Waals surface area (Å²) in [6.45, 7) is 0. The van der Waals surface area contributed by atoms with E-state index < -0.39 is 18.0 Å². The Hall–Kier alpha value is -2.35. The fourth-order valence-corrected chi connectivity index (χ4v) is 1.49. The molecule has 0 aliphatic rings. The second kappa shape index (κ2) is 5.96. The predicted octanol–water partition coefficient (Wildman–Crippen LogP) is 3.28. The van der Waals surface area contributed by atoms with Crippen LogP contribution < -0.4 is 10.1 Å². The quantitative estimate of drug-likeness (QED) is 0.943. The SMILES string of the molecule is O=C(Nc1cccc(OC(F)(F)F)c1)c1cnc(Cl)cn1. The van der Waals surface area contributed by atoms with Gasteiger partial charge in [-0.2, -0.15) is 0 Å². The van der Waals surface area contributed by atoms with E-state index in [9.17, 15) is 18.0 Å². The zero-order valence-corrected chi connectivity index (χ0v) is 10.9. The maximum absolute atomic E-state index is 12.1. The van der Waals surface area contributed by atoms with E-state index in [0.29, 0.717) is 0 Å². The summed E-state index contributed by atoms with van der Waals surface area (Å²) in [6, 6.07) is 4.87. The summed E-state index contributed by atoms with van der Waals surface area (Å²) in [5, 5.41) is 2.49. The molecule has 1 aromatic heterocycles. The lowest BCUT2D eigenvalue weighted by Crippen LogP contribution is -2.17. The molecule has 0 unspecified atom stereocenters. The number of nitrogens with zero attached hydrogens (tertiary/aromatic N) is 2. The highest BCUT2D eigenvalue weighted by atomic mass is 35.5. The van der Waals surface area contributed by atoms with Gasteiger partial charge >= 0.3 is 6.36 Å². The second-order valence-electron chi connectivity index (χ2n) is 3.75. The van der Waals surface area contributed by atoms with Crippen LogP contribution in [0.4, 0.5) is 18.9 Å². The molecule has 110 valence electrons. The third-order valence-corrected chi connectivity index (χ3v) is 2.37. The van der Waals surface area contributed by atoms with Gasteiger partial charge in [-0.1, -0.05) is 17.7 Å². The van der Waals surface area contributed by atoms with Gasteiger partial charge in [0.05, 0.1) is 12.4 Å². The molecule has 0 aliphatic heterocycles. The van der Waals surface area contributed by atoms with Crippen molar-refractivity contribution < 1.29 is 22.7 Å². The molecule has 0 bridgehead atoms. The first-order chi connectivity index (χ1) is 9.83. The van der Waals surface area contributed by atoms with Crippen molar-refractivity contribution in [2.24, 2.45) is 0 Å². The number of carbonyl (C=O) groups is 1. The van der Waals surface area contributed by atoms with E-state index in [1.807, 2.05) is 0 Å². The van der Waals surface area contributed by atoms with Gasteiger partial charge in [-0.15, -0.1) is 13.2 Å². The second-order valence-corrected chi connectivity index (χ2v) is 4.14. The minimum Gasteiger partial charge on any atom is -0.406 e. The number of hydrogen-bond acceptors (Lipinski definition) is 4. The Balaban J connectivity index is 2.10. The Bertz CT molecular complexity index is 647. The Morgan fingerprint density at radius 3 is 2.62 bits per heavy atom. The molecule has 0 saturated carbocycles. The molecule has 0 radical (unpaired) electrons. The average molecular weight is 318 g/mol. The Kier molecular flexibility index (Phi) is 4.27. The molecule has 1 heterocycles. The highest BCUT2D eigenvalue weighted by molar-refractivity contribution is 6.29. The van der Waals surface area contributed by atoms with Crippen LogP contribution in [0.15, 0.2) is 36.7 Å². The largest absolute Gasteiger partial charge is 0.573 e. The van der Waals surface area contributed by atoms with Crippen molar-refractivity contribution in [2.45, 2.75) is 6.36 Å². The number of halogens is 4. The van der Waals surface area contributed by atoms with Crippen molar-refractivity contribution in [3.8, 4) is 5.75 Å². The summed E-state index contributed by atoms with van der Waals surface area (Å²) in [5.74, 6) is -1.08. The molecule has 1 amide bonds.